The normalized spacial score (nSPS) is 15.1. The average Bonchev–Trinajstić information content (AvgIpc) is 3.44. The number of aromatic nitrogens is 3. The molecule has 1 fully saturated rings. The van der Waals surface area contributed by atoms with E-state index in [0.29, 0.717) is 18.8 Å². The molecule has 1 aliphatic heterocycles. The number of hydrogen-bond acceptors (Lipinski definition) is 6. The summed E-state index contributed by atoms with van der Waals surface area (Å²) in [5.41, 5.74) is 2.84. The Hall–Kier alpha value is -3.20. The molecule has 2 N–H and O–H groups in total. The summed E-state index contributed by atoms with van der Waals surface area (Å²) in [5, 5.41) is 17.2. The molecule has 8 nitrogen and oxygen atoms in total. The van der Waals surface area contributed by atoms with Crippen LogP contribution in [0.4, 0.5) is 5.13 Å². The fraction of sp³-hybridized carbons (Fsp3) is 0.333. The van der Waals surface area contributed by atoms with E-state index < -0.39 is 0 Å². The maximum Gasteiger partial charge on any atom is 0.290 e. The lowest BCUT2D eigenvalue weighted by atomic mass is 9.70. The van der Waals surface area contributed by atoms with E-state index in [2.05, 4.69) is 40.1 Å². The molecular formula is C21H25N5O3S. The highest BCUT2D eigenvalue weighted by molar-refractivity contribution is 7.13. The molecule has 30 heavy (non-hydrogen) atoms. The summed E-state index contributed by atoms with van der Waals surface area (Å²) in [6, 6.07) is 12.3. The van der Waals surface area contributed by atoms with E-state index in [1.807, 2.05) is 18.0 Å². The number of anilines is 1. The molecule has 0 bridgehead atoms. The second kappa shape index (κ2) is 9.53. The number of amides is 1. The summed E-state index contributed by atoms with van der Waals surface area (Å²) in [6.45, 7) is 1.15. The number of nitrogens with zero attached hydrogens (tertiary/aromatic N) is 4. The Morgan fingerprint density at radius 1 is 1.23 bits per heavy atom. The van der Waals surface area contributed by atoms with E-state index in [1.165, 1.54) is 5.56 Å². The predicted molar refractivity (Wildman–Crippen MR) is 116 cm³/mol. The Balaban J connectivity index is 0.000000806. The van der Waals surface area contributed by atoms with Crippen molar-refractivity contribution in [3.63, 3.8) is 0 Å². The molecule has 3 heterocycles. The van der Waals surface area contributed by atoms with Crippen LogP contribution in [0.2, 0.25) is 0 Å². The van der Waals surface area contributed by atoms with Crippen molar-refractivity contribution in [1.29, 1.82) is 0 Å². The first kappa shape index (κ1) is 21.5. The molecule has 0 radical (unpaired) electrons. The van der Waals surface area contributed by atoms with Crippen LogP contribution in [0.25, 0.3) is 0 Å². The zero-order valence-electron chi connectivity index (χ0n) is 17.0. The number of rotatable bonds is 4. The number of carbonyl (C=O) groups is 2. The quantitative estimate of drug-likeness (QED) is 0.621. The number of likely N-dealkylation sites (tertiary alicyclic amines) is 1. The fourth-order valence-electron chi connectivity index (χ4n) is 3.90. The minimum absolute atomic E-state index is 0.0471. The van der Waals surface area contributed by atoms with Gasteiger partial charge >= 0.3 is 0 Å². The third-order valence-electron chi connectivity index (χ3n) is 5.48. The van der Waals surface area contributed by atoms with Gasteiger partial charge in [-0.2, -0.15) is 5.10 Å². The van der Waals surface area contributed by atoms with Crippen LogP contribution < -0.4 is 5.32 Å². The van der Waals surface area contributed by atoms with Gasteiger partial charge in [0, 0.05) is 44.2 Å². The molecule has 2 aromatic heterocycles. The van der Waals surface area contributed by atoms with Crippen molar-refractivity contribution in [3.05, 3.63) is 64.9 Å². The maximum atomic E-state index is 12.9. The first-order chi connectivity index (χ1) is 14.6. The number of thiazole rings is 1. The molecule has 0 unspecified atom stereocenters. The summed E-state index contributed by atoms with van der Waals surface area (Å²) < 4.78 is 1.64. The van der Waals surface area contributed by atoms with Crippen molar-refractivity contribution in [2.75, 3.05) is 25.5 Å². The van der Waals surface area contributed by atoms with E-state index in [0.717, 1.165) is 23.7 Å². The number of benzene rings is 1. The monoisotopic (exact) mass is 427 g/mol. The summed E-state index contributed by atoms with van der Waals surface area (Å²) in [6.07, 6.45) is 3.38. The van der Waals surface area contributed by atoms with Crippen LogP contribution in [0.15, 0.2) is 48.0 Å². The van der Waals surface area contributed by atoms with E-state index >= 15 is 0 Å². The van der Waals surface area contributed by atoms with Crippen LogP contribution in [-0.2, 0) is 17.3 Å². The van der Waals surface area contributed by atoms with Gasteiger partial charge in [-0.15, -0.1) is 11.3 Å². The first-order valence-electron chi connectivity index (χ1n) is 9.60. The molecule has 0 atom stereocenters. The van der Waals surface area contributed by atoms with Gasteiger partial charge in [0.15, 0.2) is 5.13 Å². The lowest BCUT2D eigenvalue weighted by Crippen LogP contribution is -2.46. The van der Waals surface area contributed by atoms with E-state index in [-0.39, 0.29) is 17.8 Å². The highest BCUT2D eigenvalue weighted by Gasteiger charge is 2.41. The minimum Gasteiger partial charge on any atom is -0.483 e. The fourth-order valence-corrected chi connectivity index (χ4v) is 4.67. The smallest absolute Gasteiger partial charge is 0.290 e. The van der Waals surface area contributed by atoms with Crippen molar-refractivity contribution in [2.45, 2.75) is 18.3 Å². The molecule has 3 aromatic rings. The highest BCUT2D eigenvalue weighted by atomic mass is 32.1. The molecule has 1 aromatic carbocycles. The Labute approximate surface area is 179 Å². The van der Waals surface area contributed by atoms with Gasteiger partial charge < -0.3 is 15.3 Å². The van der Waals surface area contributed by atoms with Crippen molar-refractivity contribution in [3.8, 4) is 0 Å². The molecule has 9 heteroatoms. The van der Waals surface area contributed by atoms with Crippen LogP contribution in [0.3, 0.4) is 0 Å². The van der Waals surface area contributed by atoms with Crippen molar-refractivity contribution >= 4 is 28.8 Å². The molecule has 4 rings (SSSR count). The van der Waals surface area contributed by atoms with Crippen LogP contribution in [0, 0.1) is 0 Å². The molecule has 1 aliphatic rings. The Morgan fingerprint density at radius 2 is 1.90 bits per heavy atom. The summed E-state index contributed by atoms with van der Waals surface area (Å²) in [7, 11) is 3.70. The van der Waals surface area contributed by atoms with Gasteiger partial charge in [0.05, 0.1) is 5.69 Å². The largest absolute Gasteiger partial charge is 0.483 e. The number of piperidine rings is 1. The summed E-state index contributed by atoms with van der Waals surface area (Å²) >= 11 is 1.63. The Morgan fingerprint density at radius 3 is 2.43 bits per heavy atom. The third-order valence-corrected chi connectivity index (χ3v) is 6.34. The second-order valence-electron chi connectivity index (χ2n) is 6.97. The molecule has 0 aliphatic carbocycles. The van der Waals surface area contributed by atoms with Gasteiger partial charge in [0.1, 0.15) is 5.69 Å². The second-order valence-corrected chi connectivity index (χ2v) is 7.83. The van der Waals surface area contributed by atoms with E-state index in [4.69, 9.17) is 14.9 Å². The van der Waals surface area contributed by atoms with Crippen molar-refractivity contribution < 1.29 is 14.7 Å². The standard InChI is InChI=1S/C20H23N5OS.CH2O2/c1-21-19-23-17(14-27-19)20(15-6-4-3-5-7-15)9-12-25(13-10-20)18(26)16-8-11-22-24(16)2;2-1-3/h3-8,11,14H,9-10,12-13H2,1-2H3,(H,21,23);1H,(H,2,3). The van der Waals surface area contributed by atoms with Crippen LogP contribution in [-0.4, -0.2) is 57.3 Å². The third kappa shape index (κ3) is 4.20. The predicted octanol–water partition coefficient (Wildman–Crippen LogP) is 2.84. The Bertz CT molecular complexity index is 977. The SMILES string of the molecule is CNc1nc(C2(c3ccccc3)CCN(C(=O)c3ccnn3C)CC2)cs1.O=CO. The molecule has 0 spiro atoms. The average molecular weight is 428 g/mol. The number of aryl methyl sites for hydroxylation is 1. The van der Waals surface area contributed by atoms with E-state index in [9.17, 15) is 4.79 Å². The number of hydrogen-bond donors (Lipinski definition) is 2. The summed E-state index contributed by atoms with van der Waals surface area (Å²) in [5.74, 6) is 0.0471. The van der Waals surface area contributed by atoms with Gasteiger partial charge in [-0.1, -0.05) is 30.3 Å². The van der Waals surface area contributed by atoms with Crippen molar-refractivity contribution in [2.24, 2.45) is 7.05 Å². The molecule has 0 saturated carbocycles. The minimum atomic E-state index is -0.250. The highest BCUT2D eigenvalue weighted by Crippen LogP contribution is 2.42. The topological polar surface area (TPSA) is 100 Å². The van der Waals surface area contributed by atoms with Gasteiger partial charge in [-0.25, -0.2) is 4.98 Å². The first-order valence-corrected chi connectivity index (χ1v) is 10.5. The zero-order chi connectivity index (χ0) is 21.6. The lowest BCUT2D eigenvalue weighted by Gasteiger charge is -2.41. The zero-order valence-corrected chi connectivity index (χ0v) is 17.8. The molecule has 1 amide bonds. The van der Waals surface area contributed by atoms with Gasteiger partial charge in [-0.05, 0) is 24.5 Å². The van der Waals surface area contributed by atoms with Gasteiger partial charge in [-0.3, -0.25) is 14.3 Å². The molecule has 1 saturated heterocycles. The number of carbonyl (C=O) groups excluding carboxylic acids is 1. The van der Waals surface area contributed by atoms with Crippen LogP contribution in [0.5, 0.6) is 0 Å². The van der Waals surface area contributed by atoms with Crippen molar-refractivity contribution in [1.82, 2.24) is 19.7 Å². The number of carboxylic acid groups (broad SMARTS) is 1. The van der Waals surface area contributed by atoms with Crippen LogP contribution in [0.1, 0.15) is 34.6 Å². The van der Waals surface area contributed by atoms with E-state index in [1.54, 1.807) is 35.3 Å². The Kier molecular flexibility index (Phi) is 6.83. The summed E-state index contributed by atoms with van der Waals surface area (Å²) in [4.78, 5) is 28.0. The number of nitrogens with one attached hydrogen (secondary N) is 1. The maximum absolute atomic E-state index is 12.9. The van der Waals surface area contributed by atoms with Gasteiger partial charge in [0.25, 0.3) is 12.4 Å². The molecular weight excluding hydrogens is 402 g/mol. The lowest BCUT2D eigenvalue weighted by molar-refractivity contribution is -0.122. The van der Waals surface area contributed by atoms with Gasteiger partial charge in [0.2, 0.25) is 0 Å². The molecule has 158 valence electrons. The van der Waals surface area contributed by atoms with Crippen LogP contribution >= 0.6 is 11.3 Å².